The Labute approximate surface area is 150 Å². The second-order valence-electron chi connectivity index (χ2n) is 6.23. The van der Waals surface area contributed by atoms with Gasteiger partial charge in [-0.05, 0) is 30.5 Å². The fraction of sp³-hybridized carbons (Fsp3) is 0.333. The molecule has 1 aliphatic rings. The number of non-ortho nitro benzene ring substituents is 1. The maximum absolute atomic E-state index is 14.1. The predicted molar refractivity (Wildman–Crippen MR) is 94.1 cm³/mol. The van der Waals surface area contributed by atoms with Gasteiger partial charge in [-0.25, -0.2) is 4.39 Å². The van der Waals surface area contributed by atoms with E-state index < -0.39 is 10.7 Å². The Bertz CT molecular complexity index is 792. The average molecular weight is 358 g/mol. The van der Waals surface area contributed by atoms with E-state index in [0.717, 1.165) is 11.6 Å². The molecule has 0 radical (unpaired) electrons. The lowest BCUT2D eigenvalue weighted by Gasteiger charge is -2.33. The van der Waals surface area contributed by atoms with E-state index in [2.05, 4.69) is 10.3 Å². The molecule has 1 aliphatic heterocycles. The van der Waals surface area contributed by atoms with Crippen molar-refractivity contribution in [2.24, 2.45) is 5.92 Å². The number of nitro groups is 1. The van der Waals surface area contributed by atoms with Gasteiger partial charge in [0, 0.05) is 44.0 Å². The molecule has 1 aromatic carbocycles. The van der Waals surface area contributed by atoms with Crippen LogP contribution in [0, 0.1) is 21.8 Å². The lowest BCUT2D eigenvalue weighted by molar-refractivity contribution is -0.385. The lowest BCUT2D eigenvalue weighted by atomic mass is 9.95. The zero-order valence-electron chi connectivity index (χ0n) is 14.1. The minimum Gasteiger partial charge on any atom is -0.369 e. The van der Waals surface area contributed by atoms with Crippen molar-refractivity contribution in [3.05, 3.63) is 64.2 Å². The molecule has 2 heterocycles. The molecule has 8 heteroatoms. The van der Waals surface area contributed by atoms with E-state index in [1.54, 1.807) is 12.4 Å². The van der Waals surface area contributed by atoms with Crippen molar-refractivity contribution >= 4 is 17.3 Å². The number of aromatic nitrogens is 1. The van der Waals surface area contributed by atoms with Crippen molar-refractivity contribution < 1.29 is 14.1 Å². The number of benzene rings is 1. The first kappa shape index (κ1) is 17.8. The molecule has 0 aliphatic carbocycles. The minimum absolute atomic E-state index is 0.0160. The molecular weight excluding hydrogens is 339 g/mol. The van der Waals surface area contributed by atoms with Crippen molar-refractivity contribution in [1.82, 2.24) is 10.3 Å². The van der Waals surface area contributed by atoms with Gasteiger partial charge in [0.1, 0.15) is 0 Å². The van der Waals surface area contributed by atoms with Gasteiger partial charge in [0.05, 0.1) is 16.7 Å². The summed E-state index contributed by atoms with van der Waals surface area (Å²) in [7, 11) is 0. The highest BCUT2D eigenvalue weighted by atomic mass is 19.1. The fourth-order valence-electron chi connectivity index (χ4n) is 3.08. The third kappa shape index (κ3) is 4.14. The number of carbonyl (C=O) groups excluding carboxylic acids is 1. The first-order chi connectivity index (χ1) is 12.5. The normalized spacial score (nSPS) is 14.9. The summed E-state index contributed by atoms with van der Waals surface area (Å²) in [4.78, 5) is 28.2. The number of nitro benzene ring substituents is 1. The summed E-state index contributed by atoms with van der Waals surface area (Å²) in [5, 5.41) is 13.6. The van der Waals surface area contributed by atoms with Crippen LogP contribution in [-0.2, 0) is 11.3 Å². The zero-order valence-corrected chi connectivity index (χ0v) is 14.1. The lowest BCUT2D eigenvalue weighted by Crippen LogP contribution is -2.40. The van der Waals surface area contributed by atoms with Crippen LogP contribution in [0.15, 0.2) is 42.7 Å². The summed E-state index contributed by atoms with van der Waals surface area (Å²) in [6, 6.07) is 7.37. The van der Waals surface area contributed by atoms with Crippen molar-refractivity contribution in [2.45, 2.75) is 19.4 Å². The molecule has 0 saturated carbocycles. The summed E-state index contributed by atoms with van der Waals surface area (Å²) in [5.74, 6) is -0.750. The van der Waals surface area contributed by atoms with Crippen LogP contribution in [0.2, 0.25) is 0 Å². The standard InChI is InChI=1S/C18H19FN4O3/c19-16-10-15(23(25)26)3-4-17(16)22-8-5-14(6-9-22)18(24)21-12-13-2-1-7-20-11-13/h1-4,7,10-11,14H,5-6,8-9,12H2,(H,21,24). The van der Waals surface area contributed by atoms with Crippen LogP contribution in [0.25, 0.3) is 0 Å². The van der Waals surface area contributed by atoms with E-state index in [-0.39, 0.29) is 17.5 Å². The Morgan fingerprint density at radius 1 is 1.35 bits per heavy atom. The summed E-state index contributed by atoms with van der Waals surface area (Å²) in [5.41, 5.74) is 1.01. The molecular formula is C18H19FN4O3. The summed E-state index contributed by atoms with van der Waals surface area (Å²) < 4.78 is 14.1. The van der Waals surface area contributed by atoms with Crippen LogP contribution in [-0.4, -0.2) is 28.9 Å². The number of carbonyl (C=O) groups is 1. The van der Waals surface area contributed by atoms with Gasteiger partial charge < -0.3 is 10.2 Å². The van der Waals surface area contributed by atoms with Gasteiger partial charge in [0.25, 0.3) is 5.69 Å². The van der Waals surface area contributed by atoms with E-state index in [1.807, 2.05) is 17.0 Å². The molecule has 0 bridgehead atoms. The number of nitrogens with zero attached hydrogens (tertiary/aromatic N) is 3. The van der Waals surface area contributed by atoms with Gasteiger partial charge >= 0.3 is 0 Å². The highest BCUT2D eigenvalue weighted by Gasteiger charge is 2.26. The van der Waals surface area contributed by atoms with E-state index in [9.17, 15) is 19.3 Å². The molecule has 0 spiro atoms. The smallest absolute Gasteiger partial charge is 0.272 e. The number of nitrogens with one attached hydrogen (secondary N) is 1. The van der Waals surface area contributed by atoms with Crippen LogP contribution in [0.1, 0.15) is 18.4 Å². The van der Waals surface area contributed by atoms with E-state index in [4.69, 9.17) is 0 Å². The van der Waals surface area contributed by atoms with Crippen molar-refractivity contribution in [1.29, 1.82) is 0 Å². The molecule has 1 saturated heterocycles. The van der Waals surface area contributed by atoms with Crippen LogP contribution in [0.4, 0.5) is 15.8 Å². The third-order valence-corrected chi connectivity index (χ3v) is 4.54. The fourth-order valence-corrected chi connectivity index (χ4v) is 3.08. The maximum atomic E-state index is 14.1. The number of hydrogen-bond acceptors (Lipinski definition) is 5. The number of amides is 1. The summed E-state index contributed by atoms with van der Waals surface area (Å²) >= 11 is 0. The molecule has 1 amide bonds. The maximum Gasteiger partial charge on any atom is 0.272 e. The van der Waals surface area contributed by atoms with Crippen molar-refractivity contribution in [3.8, 4) is 0 Å². The Balaban J connectivity index is 1.54. The van der Waals surface area contributed by atoms with Gasteiger partial charge in [-0.3, -0.25) is 19.9 Å². The molecule has 0 unspecified atom stereocenters. The van der Waals surface area contributed by atoms with Crippen molar-refractivity contribution in [2.75, 3.05) is 18.0 Å². The number of piperidine rings is 1. The largest absolute Gasteiger partial charge is 0.369 e. The first-order valence-electron chi connectivity index (χ1n) is 8.40. The van der Waals surface area contributed by atoms with Gasteiger partial charge in [-0.1, -0.05) is 6.07 Å². The Morgan fingerprint density at radius 2 is 2.12 bits per heavy atom. The van der Waals surface area contributed by atoms with E-state index in [0.29, 0.717) is 38.2 Å². The Morgan fingerprint density at radius 3 is 2.73 bits per heavy atom. The second-order valence-corrected chi connectivity index (χ2v) is 6.23. The molecule has 1 aromatic heterocycles. The van der Waals surface area contributed by atoms with Crippen LogP contribution >= 0.6 is 0 Å². The molecule has 1 N–H and O–H groups in total. The van der Waals surface area contributed by atoms with Gasteiger partial charge in [-0.2, -0.15) is 0 Å². The minimum atomic E-state index is -0.619. The SMILES string of the molecule is O=C(NCc1cccnc1)C1CCN(c2ccc([N+](=O)[O-])cc2F)CC1. The second kappa shape index (κ2) is 7.90. The Kier molecular flexibility index (Phi) is 5.40. The average Bonchev–Trinajstić information content (AvgIpc) is 2.67. The molecule has 26 heavy (non-hydrogen) atoms. The van der Waals surface area contributed by atoms with Crippen LogP contribution in [0.5, 0.6) is 0 Å². The molecule has 3 rings (SSSR count). The summed E-state index contributed by atoms with van der Waals surface area (Å²) in [6.07, 6.45) is 4.60. The highest BCUT2D eigenvalue weighted by Crippen LogP contribution is 2.28. The van der Waals surface area contributed by atoms with Gasteiger partial charge in [0.2, 0.25) is 5.91 Å². The topological polar surface area (TPSA) is 88.4 Å². The van der Waals surface area contributed by atoms with Gasteiger partial charge in [-0.15, -0.1) is 0 Å². The highest BCUT2D eigenvalue weighted by molar-refractivity contribution is 5.79. The number of rotatable bonds is 5. The predicted octanol–water partition coefficient (Wildman–Crippen LogP) is 2.66. The number of halogens is 1. The van der Waals surface area contributed by atoms with E-state index >= 15 is 0 Å². The summed E-state index contributed by atoms with van der Waals surface area (Å²) in [6.45, 7) is 1.49. The molecule has 1 fully saturated rings. The third-order valence-electron chi connectivity index (χ3n) is 4.54. The van der Waals surface area contributed by atoms with Crippen molar-refractivity contribution in [3.63, 3.8) is 0 Å². The monoisotopic (exact) mass is 358 g/mol. The molecule has 2 aromatic rings. The molecule has 0 atom stereocenters. The first-order valence-corrected chi connectivity index (χ1v) is 8.40. The zero-order chi connectivity index (χ0) is 18.5. The molecule has 136 valence electrons. The van der Waals surface area contributed by atoms with Crippen LogP contribution in [0.3, 0.4) is 0 Å². The van der Waals surface area contributed by atoms with E-state index in [1.165, 1.54) is 12.1 Å². The quantitative estimate of drug-likeness (QED) is 0.656. The Hall–Kier alpha value is -3.03. The number of pyridine rings is 1. The van der Waals surface area contributed by atoms with Gasteiger partial charge in [0.15, 0.2) is 5.82 Å². The molecule has 7 nitrogen and oxygen atoms in total. The number of hydrogen-bond donors (Lipinski definition) is 1. The number of anilines is 1. The van der Waals surface area contributed by atoms with Crippen LogP contribution < -0.4 is 10.2 Å².